The molecule has 0 radical (unpaired) electrons. The zero-order chi connectivity index (χ0) is 16.9. The van der Waals surface area contributed by atoms with E-state index in [2.05, 4.69) is 42.8 Å². The summed E-state index contributed by atoms with van der Waals surface area (Å²) in [5, 5.41) is 3.42. The van der Waals surface area contributed by atoms with Gasteiger partial charge < -0.3 is 14.8 Å². The van der Waals surface area contributed by atoms with Crippen molar-refractivity contribution in [3.63, 3.8) is 0 Å². The van der Waals surface area contributed by atoms with Crippen molar-refractivity contribution in [1.82, 2.24) is 15.1 Å². The highest BCUT2D eigenvalue weighted by atomic mass is 16.5. The van der Waals surface area contributed by atoms with Crippen LogP contribution in [0, 0.1) is 5.92 Å². The maximum absolute atomic E-state index is 5.67. The number of nitrogens with one attached hydrogen (secondary N) is 1. The second-order valence-electron chi connectivity index (χ2n) is 6.91. The Labute approximate surface area is 145 Å². The molecule has 1 saturated heterocycles. The van der Waals surface area contributed by atoms with Crippen LogP contribution in [-0.2, 0) is 9.47 Å². The van der Waals surface area contributed by atoms with Crippen molar-refractivity contribution in [1.29, 1.82) is 0 Å². The van der Waals surface area contributed by atoms with Gasteiger partial charge in [-0.15, -0.1) is 0 Å². The highest BCUT2D eigenvalue weighted by molar-refractivity contribution is 4.73. The molecular weight excluding hydrogens is 290 g/mol. The van der Waals surface area contributed by atoms with Gasteiger partial charge in [-0.1, -0.05) is 20.3 Å². The van der Waals surface area contributed by atoms with E-state index in [9.17, 15) is 0 Å². The van der Waals surface area contributed by atoms with Gasteiger partial charge in [0.15, 0.2) is 0 Å². The molecule has 0 amide bonds. The molecule has 1 atom stereocenters. The summed E-state index contributed by atoms with van der Waals surface area (Å²) < 4.78 is 11.2. The number of ether oxygens (including phenoxy) is 2. The Morgan fingerprint density at radius 3 is 2.22 bits per heavy atom. The molecular formula is C18H41N3O2. The molecule has 1 rings (SSSR count). The summed E-state index contributed by atoms with van der Waals surface area (Å²) in [5.41, 5.74) is 0. The van der Waals surface area contributed by atoms with E-state index in [4.69, 9.17) is 9.47 Å². The first-order chi connectivity index (χ1) is 11.1. The van der Waals surface area contributed by atoms with Crippen molar-refractivity contribution in [2.75, 3.05) is 72.2 Å². The molecule has 23 heavy (non-hydrogen) atoms. The van der Waals surface area contributed by atoms with Crippen LogP contribution in [0.1, 0.15) is 35.5 Å². The van der Waals surface area contributed by atoms with Gasteiger partial charge in [-0.3, -0.25) is 9.80 Å². The molecule has 5 nitrogen and oxygen atoms in total. The SMILES string of the molecule is CCC(C)CNCCOCCOCCN1CCN(C(C)C)CC1.[HH]. The molecule has 1 fully saturated rings. The van der Waals surface area contributed by atoms with Crippen molar-refractivity contribution in [3.8, 4) is 0 Å². The van der Waals surface area contributed by atoms with Gasteiger partial charge in [0.1, 0.15) is 0 Å². The monoisotopic (exact) mass is 331 g/mol. The zero-order valence-electron chi connectivity index (χ0n) is 15.9. The van der Waals surface area contributed by atoms with Gasteiger partial charge in [0.25, 0.3) is 0 Å². The largest absolute Gasteiger partial charge is 0.378 e. The second-order valence-corrected chi connectivity index (χ2v) is 6.91. The van der Waals surface area contributed by atoms with Crippen molar-refractivity contribution in [3.05, 3.63) is 0 Å². The Kier molecular flexibility index (Phi) is 11.9. The van der Waals surface area contributed by atoms with Crippen molar-refractivity contribution in [2.24, 2.45) is 5.92 Å². The van der Waals surface area contributed by atoms with E-state index in [1.165, 1.54) is 32.6 Å². The normalized spacial score (nSPS) is 18.7. The predicted molar refractivity (Wildman–Crippen MR) is 99.2 cm³/mol. The maximum Gasteiger partial charge on any atom is 0.0701 e. The summed E-state index contributed by atoms with van der Waals surface area (Å²) in [6.45, 7) is 19.8. The van der Waals surface area contributed by atoms with Crippen LogP contribution in [0.2, 0.25) is 0 Å². The van der Waals surface area contributed by atoms with Crippen LogP contribution in [0.4, 0.5) is 0 Å². The fourth-order valence-electron chi connectivity index (χ4n) is 2.66. The van der Waals surface area contributed by atoms with E-state index in [1.807, 2.05) is 0 Å². The topological polar surface area (TPSA) is 37.0 Å². The fourth-order valence-corrected chi connectivity index (χ4v) is 2.66. The molecule has 1 heterocycles. The third-order valence-electron chi connectivity index (χ3n) is 4.67. The van der Waals surface area contributed by atoms with Gasteiger partial charge in [-0.05, 0) is 26.3 Å². The number of hydrogen-bond acceptors (Lipinski definition) is 5. The third-order valence-corrected chi connectivity index (χ3v) is 4.67. The lowest BCUT2D eigenvalue weighted by atomic mass is 10.1. The molecule has 1 unspecified atom stereocenters. The summed E-state index contributed by atoms with van der Waals surface area (Å²) in [6, 6.07) is 0.672. The highest BCUT2D eigenvalue weighted by Crippen LogP contribution is 2.05. The average Bonchev–Trinajstić information content (AvgIpc) is 2.56. The van der Waals surface area contributed by atoms with Gasteiger partial charge in [0.2, 0.25) is 0 Å². The van der Waals surface area contributed by atoms with Crippen LogP contribution in [0.15, 0.2) is 0 Å². The Hall–Kier alpha value is -0.200. The van der Waals surface area contributed by atoms with Gasteiger partial charge in [0, 0.05) is 46.7 Å². The minimum atomic E-state index is 0. The van der Waals surface area contributed by atoms with E-state index in [-0.39, 0.29) is 1.43 Å². The van der Waals surface area contributed by atoms with E-state index in [1.54, 1.807) is 0 Å². The van der Waals surface area contributed by atoms with Gasteiger partial charge in [0.05, 0.1) is 26.4 Å². The van der Waals surface area contributed by atoms with E-state index >= 15 is 0 Å². The van der Waals surface area contributed by atoms with Crippen LogP contribution in [0.3, 0.4) is 0 Å². The quantitative estimate of drug-likeness (QED) is 0.522. The number of rotatable bonds is 13. The summed E-state index contributed by atoms with van der Waals surface area (Å²) in [6.07, 6.45) is 1.23. The first kappa shape index (κ1) is 20.8. The lowest BCUT2D eigenvalue weighted by molar-refractivity contribution is 0.0300. The summed E-state index contributed by atoms with van der Waals surface area (Å²) >= 11 is 0. The first-order valence-electron chi connectivity index (χ1n) is 9.46. The van der Waals surface area contributed by atoms with Crippen LogP contribution < -0.4 is 5.32 Å². The van der Waals surface area contributed by atoms with Crippen molar-refractivity contribution in [2.45, 2.75) is 40.2 Å². The molecule has 0 aromatic carbocycles. The molecule has 0 saturated carbocycles. The fraction of sp³-hybridized carbons (Fsp3) is 1.00. The predicted octanol–water partition coefficient (Wildman–Crippen LogP) is 1.93. The van der Waals surface area contributed by atoms with Gasteiger partial charge in [-0.2, -0.15) is 0 Å². The Balaban J connectivity index is 0.00000529. The smallest absolute Gasteiger partial charge is 0.0701 e. The molecule has 0 aliphatic carbocycles. The molecule has 0 aromatic heterocycles. The lowest BCUT2D eigenvalue weighted by Gasteiger charge is -2.36. The Morgan fingerprint density at radius 2 is 1.61 bits per heavy atom. The van der Waals surface area contributed by atoms with Crippen LogP contribution in [-0.4, -0.2) is 88.1 Å². The Morgan fingerprint density at radius 1 is 0.957 bits per heavy atom. The molecule has 0 bridgehead atoms. The van der Waals surface area contributed by atoms with E-state index in [0.29, 0.717) is 19.3 Å². The number of piperazine rings is 1. The van der Waals surface area contributed by atoms with Crippen LogP contribution in [0.5, 0.6) is 0 Å². The zero-order valence-corrected chi connectivity index (χ0v) is 15.9. The highest BCUT2D eigenvalue weighted by Gasteiger charge is 2.17. The molecule has 1 N–H and O–H groups in total. The van der Waals surface area contributed by atoms with Gasteiger partial charge >= 0.3 is 0 Å². The van der Waals surface area contributed by atoms with Crippen LogP contribution >= 0.6 is 0 Å². The minimum absolute atomic E-state index is 0. The first-order valence-corrected chi connectivity index (χ1v) is 9.46. The maximum atomic E-state index is 5.67. The standard InChI is InChI=1S/C18H39N3O2.H2/c1-5-18(4)16-19-6-12-22-14-15-23-13-11-20-7-9-21(10-8-20)17(2)3;/h17-19H,5-16H2,1-4H3;1H. The molecule has 1 aliphatic heterocycles. The number of hydrogen-bond donors (Lipinski definition) is 1. The summed E-state index contributed by atoms with van der Waals surface area (Å²) in [7, 11) is 0. The molecule has 5 heteroatoms. The van der Waals surface area contributed by atoms with Crippen molar-refractivity contribution >= 4 is 0 Å². The van der Waals surface area contributed by atoms with Gasteiger partial charge in [-0.25, -0.2) is 0 Å². The van der Waals surface area contributed by atoms with E-state index in [0.717, 1.165) is 38.8 Å². The second kappa shape index (κ2) is 13.1. The van der Waals surface area contributed by atoms with Crippen LogP contribution in [0.25, 0.3) is 0 Å². The lowest BCUT2D eigenvalue weighted by Crippen LogP contribution is -2.49. The Bertz CT molecular complexity index is 275. The third kappa shape index (κ3) is 10.3. The minimum Gasteiger partial charge on any atom is -0.378 e. The molecule has 0 aromatic rings. The molecule has 0 spiro atoms. The molecule has 1 aliphatic rings. The average molecular weight is 332 g/mol. The molecule has 140 valence electrons. The van der Waals surface area contributed by atoms with E-state index < -0.39 is 0 Å². The summed E-state index contributed by atoms with van der Waals surface area (Å²) in [5.74, 6) is 0.751. The number of nitrogens with zero attached hydrogens (tertiary/aromatic N) is 2. The summed E-state index contributed by atoms with van der Waals surface area (Å²) in [4.78, 5) is 5.04. The van der Waals surface area contributed by atoms with Crippen molar-refractivity contribution < 1.29 is 10.9 Å².